The van der Waals surface area contributed by atoms with Crippen LogP contribution in [-0.4, -0.2) is 29.2 Å². The van der Waals surface area contributed by atoms with Crippen LogP contribution in [0.4, 0.5) is 0 Å². The fraction of sp³-hybridized carbons (Fsp3) is 0.316. The van der Waals surface area contributed by atoms with Crippen molar-refractivity contribution >= 4 is 11.0 Å². The van der Waals surface area contributed by atoms with Crippen molar-refractivity contribution in [1.29, 1.82) is 0 Å². The molecule has 1 atom stereocenters. The maximum atomic E-state index is 5.95. The molecular formula is C19H21N3O. The van der Waals surface area contributed by atoms with E-state index in [-0.39, 0.29) is 6.10 Å². The van der Waals surface area contributed by atoms with Crippen LogP contribution in [0.1, 0.15) is 23.1 Å². The molecule has 4 rings (SSSR count). The molecule has 1 aromatic heterocycles. The highest BCUT2D eigenvalue weighted by Gasteiger charge is 2.23. The summed E-state index contributed by atoms with van der Waals surface area (Å²) in [5.74, 6) is 1.01. The second-order valence-electron chi connectivity index (χ2n) is 6.09. The Morgan fingerprint density at radius 3 is 2.78 bits per heavy atom. The lowest BCUT2D eigenvalue weighted by atomic mass is 10.1. The number of imidazole rings is 1. The molecule has 1 N–H and O–H groups in total. The van der Waals surface area contributed by atoms with Gasteiger partial charge in [0.25, 0.3) is 0 Å². The Hall–Kier alpha value is -2.17. The highest BCUT2D eigenvalue weighted by Crippen LogP contribution is 2.25. The lowest BCUT2D eigenvalue weighted by Gasteiger charge is -2.24. The topological polar surface area (TPSA) is 39.1 Å². The van der Waals surface area contributed by atoms with Crippen molar-refractivity contribution in [2.75, 3.05) is 19.7 Å². The summed E-state index contributed by atoms with van der Waals surface area (Å²) < 4.78 is 8.23. The zero-order valence-electron chi connectivity index (χ0n) is 13.3. The third kappa shape index (κ3) is 2.87. The van der Waals surface area contributed by atoms with Gasteiger partial charge in [0.05, 0.1) is 17.6 Å². The summed E-state index contributed by atoms with van der Waals surface area (Å²) in [5, 5.41) is 3.40. The second-order valence-corrected chi connectivity index (χ2v) is 6.09. The van der Waals surface area contributed by atoms with Crippen LogP contribution in [0.15, 0.2) is 48.5 Å². The number of nitrogens with zero attached hydrogens (tertiary/aromatic N) is 2. The first-order chi connectivity index (χ1) is 11.3. The van der Waals surface area contributed by atoms with E-state index in [4.69, 9.17) is 9.72 Å². The van der Waals surface area contributed by atoms with Crippen LogP contribution >= 0.6 is 0 Å². The smallest absolute Gasteiger partial charge is 0.140 e. The number of hydrogen-bond acceptors (Lipinski definition) is 3. The van der Waals surface area contributed by atoms with Crippen LogP contribution in [0.2, 0.25) is 0 Å². The third-order valence-electron chi connectivity index (χ3n) is 4.36. The Morgan fingerprint density at radius 1 is 1.17 bits per heavy atom. The van der Waals surface area contributed by atoms with E-state index in [0.29, 0.717) is 0 Å². The Balaban J connectivity index is 1.77. The van der Waals surface area contributed by atoms with Gasteiger partial charge in [0.15, 0.2) is 0 Å². The third-order valence-corrected chi connectivity index (χ3v) is 4.36. The number of morpholine rings is 1. The molecule has 2 aromatic carbocycles. The molecule has 23 heavy (non-hydrogen) atoms. The molecule has 2 heterocycles. The van der Waals surface area contributed by atoms with Crippen LogP contribution in [-0.2, 0) is 11.3 Å². The summed E-state index contributed by atoms with van der Waals surface area (Å²) in [6.45, 7) is 5.39. The minimum absolute atomic E-state index is 0.0154. The van der Waals surface area contributed by atoms with Crippen molar-refractivity contribution in [2.24, 2.45) is 0 Å². The number of nitrogens with one attached hydrogen (secondary N) is 1. The predicted octanol–water partition coefficient (Wildman–Crippen LogP) is 3.05. The maximum absolute atomic E-state index is 5.95. The first kappa shape index (κ1) is 14.4. The molecule has 4 heteroatoms. The average Bonchev–Trinajstić information content (AvgIpc) is 2.96. The molecule has 3 aromatic rings. The van der Waals surface area contributed by atoms with Crippen molar-refractivity contribution in [3.63, 3.8) is 0 Å². The normalized spacial score (nSPS) is 18.4. The fourth-order valence-electron chi connectivity index (χ4n) is 3.11. The number of rotatable bonds is 3. The summed E-state index contributed by atoms with van der Waals surface area (Å²) in [6, 6.07) is 17.0. The van der Waals surface area contributed by atoms with Crippen molar-refractivity contribution in [2.45, 2.75) is 19.6 Å². The Labute approximate surface area is 136 Å². The van der Waals surface area contributed by atoms with Crippen LogP contribution in [0.3, 0.4) is 0 Å². The molecule has 0 amide bonds. The van der Waals surface area contributed by atoms with Crippen LogP contribution in [0, 0.1) is 6.92 Å². The van der Waals surface area contributed by atoms with E-state index in [0.717, 1.165) is 43.1 Å². The number of aryl methyl sites for hydroxylation is 1. The van der Waals surface area contributed by atoms with Crippen molar-refractivity contribution in [3.05, 3.63) is 65.5 Å². The van der Waals surface area contributed by atoms with Gasteiger partial charge in [-0.1, -0.05) is 42.0 Å². The van der Waals surface area contributed by atoms with Gasteiger partial charge in [-0.25, -0.2) is 4.98 Å². The highest BCUT2D eigenvalue weighted by molar-refractivity contribution is 5.76. The lowest BCUT2D eigenvalue weighted by Crippen LogP contribution is -2.34. The van der Waals surface area contributed by atoms with Crippen LogP contribution < -0.4 is 5.32 Å². The molecule has 0 radical (unpaired) electrons. The molecule has 0 aliphatic carbocycles. The molecule has 118 valence electrons. The van der Waals surface area contributed by atoms with Gasteiger partial charge in [0.2, 0.25) is 0 Å². The van der Waals surface area contributed by atoms with Crippen LogP contribution in [0.25, 0.3) is 11.0 Å². The van der Waals surface area contributed by atoms with Crippen molar-refractivity contribution in [3.8, 4) is 0 Å². The van der Waals surface area contributed by atoms with E-state index in [2.05, 4.69) is 59.3 Å². The van der Waals surface area contributed by atoms with Crippen molar-refractivity contribution in [1.82, 2.24) is 14.9 Å². The van der Waals surface area contributed by atoms with Crippen molar-refractivity contribution < 1.29 is 4.74 Å². The number of hydrogen-bond donors (Lipinski definition) is 1. The van der Waals surface area contributed by atoms with E-state index in [1.54, 1.807) is 0 Å². The SMILES string of the molecule is Cc1ccc(Cn2c(C3CNCCO3)nc3ccccc32)cc1. The number of benzene rings is 2. The number of ether oxygens (including phenoxy) is 1. The van der Waals surface area contributed by atoms with Gasteiger partial charge in [-0.2, -0.15) is 0 Å². The standard InChI is InChI=1S/C19H21N3O/c1-14-6-8-15(9-7-14)13-22-17-5-3-2-4-16(17)21-19(22)18-12-20-10-11-23-18/h2-9,18,20H,10-13H2,1H3. The van der Waals surface area contributed by atoms with E-state index >= 15 is 0 Å². The van der Waals surface area contributed by atoms with Gasteiger partial charge in [-0.3, -0.25) is 0 Å². The van der Waals surface area contributed by atoms with Crippen LogP contribution in [0.5, 0.6) is 0 Å². The molecule has 1 aliphatic rings. The molecule has 1 fully saturated rings. The molecule has 1 unspecified atom stereocenters. The van der Waals surface area contributed by atoms with Gasteiger partial charge in [0, 0.05) is 19.6 Å². The number of para-hydroxylation sites is 2. The molecule has 1 saturated heterocycles. The predicted molar refractivity (Wildman–Crippen MR) is 91.6 cm³/mol. The first-order valence-electron chi connectivity index (χ1n) is 8.14. The average molecular weight is 307 g/mol. The molecule has 1 aliphatic heterocycles. The molecule has 4 nitrogen and oxygen atoms in total. The molecule has 0 spiro atoms. The molecule has 0 saturated carbocycles. The van der Waals surface area contributed by atoms with E-state index in [1.807, 2.05) is 6.07 Å². The van der Waals surface area contributed by atoms with Gasteiger partial charge in [-0.05, 0) is 24.6 Å². The number of aromatic nitrogens is 2. The summed E-state index contributed by atoms with van der Waals surface area (Å²) in [7, 11) is 0. The van der Waals surface area contributed by atoms with E-state index in [9.17, 15) is 0 Å². The monoisotopic (exact) mass is 307 g/mol. The summed E-state index contributed by atoms with van der Waals surface area (Å²) in [4.78, 5) is 4.85. The zero-order chi connectivity index (χ0) is 15.6. The lowest BCUT2D eigenvalue weighted by molar-refractivity contribution is 0.0205. The van der Waals surface area contributed by atoms with E-state index < -0.39 is 0 Å². The second kappa shape index (κ2) is 6.14. The quantitative estimate of drug-likeness (QED) is 0.808. The Morgan fingerprint density at radius 2 is 2.00 bits per heavy atom. The Kier molecular flexibility index (Phi) is 3.85. The van der Waals surface area contributed by atoms with Gasteiger partial charge < -0.3 is 14.6 Å². The number of fused-ring (bicyclic) bond motifs is 1. The van der Waals surface area contributed by atoms with Gasteiger partial charge in [0.1, 0.15) is 11.9 Å². The molecule has 0 bridgehead atoms. The minimum atomic E-state index is 0.0154. The minimum Gasteiger partial charge on any atom is -0.368 e. The molecular weight excluding hydrogens is 286 g/mol. The fourth-order valence-corrected chi connectivity index (χ4v) is 3.11. The zero-order valence-corrected chi connectivity index (χ0v) is 13.3. The summed E-state index contributed by atoms with van der Waals surface area (Å²) in [6.07, 6.45) is 0.0154. The van der Waals surface area contributed by atoms with Gasteiger partial charge in [-0.15, -0.1) is 0 Å². The Bertz CT molecular complexity index is 801. The van der Waals surface area contributed by atoms with Gasteiger partial charge >= 0.3 is 0 Å². The summed E-state index contributed by atoms with van der Waals surface area (Å²) in [5.41, 5.74) is 4.76. The highest BCUT2D eigenvalue weighted by atomic mass is 16.5. The largest absolute Gasteiger partial charge is 0.368 e. The first-order valence-corrected chi connectivity index (χ1v) is 8.14. The van der Waals surface area contributed by atoms with E-state index in [1.165, 1.54) is 11.1 Å². The maximum Gasteiger partial charge on any atom is 0.140 e. The summed E-state index contributed by atoms with van der Waals surface area (Å²) >= 11 is 0.